The molecule has 1 atom stereocenters. The maximum atomic E-state index is 4.79. The van der Waals surface area contributed by atoms with Crippen molar-refractivity contribution in [3.05, 3.63) is 11.6 Å². The number of allylic oxidation sites excluding steroid dienone is 1. The quantitative estimate of drug-likeness (QED) is 0.448. The van der Waals surface area contributed by atoms with Gasteiger partial charge in [0.15, 0.2) is 5.96 Å². The number of nitrogens with one attached hydrogen (secondary N) is 2. The summed E-state index contributed by atoms with van der Waals surface area (Å²) in [6, 6.07) is 0. The van der Waals surface area contributed by atoms with E-state index in [1.54, 1.807) is 5.57 Å². The molecule has 2 aliphatic rings. The zero-order chi connectivity index (χ0) is 14.3. The largest absolute Gasteiger partial charge is 0.357 e. The summed E-state index contributed by atoms with van der Waals surface area (Å²) in [4.78, 5) is 4.79. The molecule has 1 saturated heterocycles. The summed E-state index contributed by atoms with van der Waals surface area (Å²) in [5.74, 6) is 2.28. The molecule has 1 aliphatic heterocycles. The van der Waals surface area contributed by atoms with Gasteiger partial charge in [0, 0.05) is 17.8 Å². The molecule has 0 amide bonds. The molecule has 0 aromatic heterocycles. The second kappa shape index (κ2) is 7.96. The molecule has 0 aromatic rings. The van der Waals surface area contributed by atoms with E-state index < -0.39 is 0 Å². The zero-order valence-corrected chi connectivity index (χ0v) is 13.8. The smallest absolute Gasteiger partial charge is 0.191 e. The fraction of sp³-hybridized carbons (Fsp3) is 0.812. The van der Waals surface area contributed by atoms with Crippen molar-refractivity contribution in [1.82, 2.24) is 10.6 Å². The Morgan fingerprint density at radius 3 is 2.95 bits per heavy atom. The Kier molecular flexibility index (Phi) is 6.27. The number of hydrogen-bond donors (Lipinski definition) is 2. The van der Waals surface area contributed by atoms with Gasteiger partial charge in [0.25, 0.3) is 0 Å². The van der Waals surface area contributed by atoms with Crippen molar-refractivity contribution in [2.24, 2.45) is 4.99 Å². The van der Waals surface area contributed by atoms with E-state index in [-0.39, 0.29) is 0 Å². The third kappa shape index (κ3) is 5.04. The van der Waals surface area contributed by atoms with Crippen LogP contribution in [0.3, 0.4) is 0 Å². The fourth-order valence-electron chi connectivity index (χ4n) is 2.86. The average molecular weight is 295 g/mol. The molecule has 4 heteroatoms. The summed E-state index contributed by atoms with van der Waals surface area (Å²) < 4.78 is 0.357. The van der Waals surface area contributed by atoms with E-state index in [1.807, 2.05) is 0 Å². The fourth-order valence-corrected chi connectivity index (χ4v) is 4.08. The summed E-state index contributed by atoms with van der Waals surface area (Å²) in [5, 5.41) is 6.84. The number of aliphatic imine (C=N–C) groups is 1. The van der Waals surface area contributed by atoms with E-state index in [9.17, 15) is 0 Å². The van der Waals surface area contributed by atoms with E-state index in [1.165, 1.54) is 37.9 Å². The lowest BCUT2D eigenvalue weighted by Crippen LogP contribution is -2.39. The van der Waals surface area contributed by atoms with Crippen molar-refractivity contribution in [3.63, 3.8) is 0 Å². The first-order chi connectivity index (χ1) is 9.72. The molecule has 0 radical (unpaired) electrons. The molecule has 2 N–H and O–H groups in total. The van der Waals surface area contributed by atoms with Crippen molar-refractivity contribution in [2.45, 2.75) is 57.1 Å². The van der Waals surface area contributed by atoms with Gasteiger partial charge in [-0.1, -0.05) is 11.6 Å². The van der Waals surface area contributed by atoms with Crippen LogP contribution in [0.2, 0.25) is 0 Å². The maximum Gasteiger partial charge on any atom is 0.191 e. The molecule has 1 aliphatic carbocycles. The molecule has 0 bridgehead atoms. The lowest BCUT2D eigenvalue weighted by atomic mass is 10.1. The van der Waals surface area contributed by atoms with Gasteiger partial charge in [0.05, 0.1) is 6.54 Å². The third-order valence-corrected chi connectivity index (χ3v) is 5.61. The van der Waals surface area contributed by atoms with Crippen LogP contribution < -0.4 is 10.6 Å². The minimum atomic E-state index is 0.357. The van der Waals surface area contributed by atoms with Gasteiger partial charge in [-0.3, -0.25) is 4.99 Å². The van der Waals surface area contributed by atoms with Crippen LogP contribution >= 0.6 is 11.8 Å². The molecule has 1 fully saturated rings. The number of rotatable bonds is 6. The molecule has 1 unspecified atom stereocenters. The minimum Gasteiger partial charge on any atom is -0.357 e. The van der Waals surface area contributed by atoms with Gasteiger partial charge >= 0.3 is 0 Å². The molecule has 0 aromatic carbocycles. The Morgan fingerprint density at radius 2 is 2.30 bits per heavy atom. The van der Waals surface area contributed by atoms with Crippen LogP contribution in [0.1, 0.15) is 52.4 Å². The highest BCUT2D eigenvalue weighted by atomic mass is 32.2. The summed E-state index contributed by atoms with van der Waals surface area (Å²) >= 11 is 2.08. The van der Waals surface area contributed by atoms with Crippen LogP contribution in [0.15, 0.2) is 16.6 Å². The first-order valence-corrected chi connectivity index (χ1v) is 9.04. The van der Waals surface area contributed by atoms with Gasteiger partial charge in [-0.05, 0) is 58.1 Å². The molecule has 2 rings (SSSR count). The van der Waals surface area contributed by atoms with Gasteiger partial charge in [0.1, 0.15) is 0 Å². The first-order valence-electron chi connectivity index (χ1n) is 8.06. The summed E-state index contributed by atoms with van der Waals surface area (Å²) in [6.07, 6.45) is 10.1. The molecule has 0 saturated carbocycles. The second-order valence-electron chi connectivity index (χ2n) is 6.03. The molecule has 1 heterocycles. The third-order valence-electron chi connectivity index (χ3n) is 4.09. The predicted molar refractivity (Wildman–Crippen MR) is 90.6 cm³/mol. The molecule has 114 valence electrons. The molecular weight excluding hydrogens is 266 g/mol. The topological polar surface area (TPSA) is 36.4 Å². The number of guanidine groups is 1. The standard InChI is InChI=1S/C16H29N3S/c1-3-17-15(18-11-9-14-7-4-5-8-14)19-13-16(2)10-6-12-20-16/h7H,3-6,8-13H2,1-2H3,(H2,17,18,19). The SMILES string of the molecule is CCNC(=NCC1(C)CCCS1)NCCC1=CCCC1. The van der Waals surface area contributed by atoms with Crippen LogP contribution in [-0.2, 0) is 0 Å². The normalized spacial score (nSPS) is 26.7. The highest BCUT2D eigenvalue weighted by Crippen LogP contribution is 2.37. The van der Waals surface area contributed by atoms with Crippen LogP contribution in [0.5, 0.6) is 0 Å². The highest BCUT2D eigenvalue weighted by Gasteiger charge is 2.29. The van der Waals surface area contributed by atoms with Crippen molar-refractivity contribution in [2.75, 3.05) is 25.4 Å². The molecule has 3 nitrogen and oxygen atoms in total. The average Bonchev–Trinajstić information content (AvgIpc) is 3.08. The second-order valence-corrected chi connectivity index (χ2v) is 7.71. The van der Waals surface area contributed by atoms with E-state index in [2.05, 4.69) is 42.3 Å². The number of hydrogen-bond acceptors (Lipinski definition) is 2. The van der Waals surface area contributed by atoms with Crippen LogP contribution in [0, 0.1) is 0 Å². The predicted octanol–water partition coefficient (Wildman–Crippen LogP) is 3.33. The van der Waals surface area contributed by atoms with E-state index >= 15 is 0 Å². The number of nitrogens with zero attached hydrogens (tertiary/aromatic N) is 1. The molecule has 0 spiro atoms. The summed E-state index contributed by atoms with van der Waals surface area (Å²) in [6.45, 7) is 7.33. The van der Waals surface area contributed by atoms with Gasteiger partial charge < -0.3 is 10.6 Å². The van der Waals surface area contributed by atoms with Crippen LogP contribution in [0.4, 0.5) is 0 Å². The maximum absolute atomic E-state index is 4.79. The Labute approximate surface area is 128 Å². The van der Waals surface area contributed by atoms with E-state index in [0.717, 1.165) is 32.0 Å². The van der Waals surface area contributed by atoms with Gasteiger partial charge in [-0.25, -0.2) is 0 Å². The van der Waals surface area contributed by atoms with Gasteiger partial charge in [0.2, 0.25) is 0 Å². The van der Waals surface area contributed by atoms with Crippen molar-refractivity contribution in [3.8, 4) is 0 Å². The van der Waals surface area contributed by atoms with Gasteiger partial charge in [-0.2, -0.15) is 11.8 Å². The Morgan fingerprint density at radius 1 is 1.40 bits per heavy atom. The van der Waals surface area contributed by atoms with Crippen LogP contribution in [-0.4, -0.2) is 36.1 Å². The lowest BCUT2D eigenvalue weighted by Gasteiger charge is -2.21. The van der Waals surface area contributed by atoms with E-state index in [4.69, 9.17) is 4.99 Å². The number of thioether (sulfide) groups is 1. The molecule has 20 heavy (non-hydrogen) atoms. The Bertz CT molecular complexity index is 357. The highest BCUT2D eigenvalue weighted by molar-refractivity contribution is 8.00. The molecular formula is C16H29N3S. The van der Waals surface area contributed by atoms with Crippen molar-refractivity contribution >= 4 is 17.7 Å². The summed E-state index contributed by atoms with van der Waals surface area (Å²) in [7, 11) is 0. The van der Waals surface area contributed by atoms with Crippen molar-refractivity contribution in [1.29, 1.82) is 0 Å². The van der Waals surface area contributed by atoms with Gasteiger partial charge in [-0.15, -0.1) is 0 Å². The first kappa shape index (κ1) is 15.7. The summed E-state index contributed by atoms with van der Waals surface area (Å²) in [5.41, 5.74) is 1.62. The zero-order valence-electron chi connectivity index (χ0n) is 13.0. The lowest BCUT2D eigenvalue weighted by molar-refractivity contribution is 0.614. The minimum absolute atomic E-state index is 0.357. The van der Waals surface area contributed by atoms with Crippen LogP contribution in [0.25, 0.3) is 0 Å². The van der Waals surface area contributed by atoms with E-state index in [0.29, 0.717) is 4.75 Å². The Hall–Kier alpha value is -0.640. The Balaban J connectivity index is 1.76. The monoisotopic (exact) mass is 295 g/mol. The van der Waals surface area contributed by atoms with Crippen molar-refractivity contribution < 1.29 is 0 Å².